The van der Waals surface area contributed by atoms with Gasteiger partial charge in [0.15, 0.2) is 5.76 Å². The molecule has 1 amide bonds. The third-order valence-electron chi connectivity index (χ3n) is 3.98. The number of amides is 1. The number of likely N-dealkylation sites (N-methyl/N-ethyl adjacent to an activating group) is 1. The van der Waals surface area contributed by atoms with E-state index in [4.69, 9.17) is 0 Å². The summed E-state index contributed by atoms with van der Waals surface area (Å²) in [5, 5.41) is 12.4. The van der Waals surface area contributed by atoms with Crippen LogP contribution in [-0.2, 0) is 17.6 Å². The average Bonchev–Trinajstić information content (AvgIpc) is 2.55. The second-order valence-corrected chi connectivity index (χ2v) is 5.46. The van der Waals surface area contributed by atoms with Crippen molar-refractivity contribution in [2.75, 3.05) is 6.54 Å². The van der Waals surface area contributed by atoms with Crippen LogP contribution in [0.1, 0.15) is 23.6 Å². The Bertz CT molecular complexity index is 747. The van der Waals surface area contributed by atoms with Crippen molar-refractivity contribution in [3.8, 4) is 11.1 Å². The lowest BCUT2D eigenvalue weighted by molar-refractivity contribution is -0.119. The molecule has 3 heteroatoms. The maximum Gasteiger partial charge on any atom is 0.286 e. The number of carbonyl (C=O) groups excluding carboxylic acids is 1. The van der Waals surface area contributed by atoms with Crippen LogP contribution in [-0.4, -0.2) is 17.6 Å². The summed E-state index contributed by atoms with van der Waals surface area (Å²) in [5.74, 6) is -0.702. The lowest BCUT2D eigenvalue weighted by Gasteiger charge is -2.20. The van der Waals surface area contributed by atoms with Crippen LogP contribution in [0.3, 0.4) is 0 Å². The summed E-state index contributed by atoms with van der Waals surface area (Å²) in [5.41, 5.74) is 5.94. The fourth-order valence-corrected chi connectivity index (χ4v) is 2.90. The second kappa shape index (κ2) is 6.06. The minimum atomic E-state index is -0.444. The molecule has 112 valence electrons. The summed E-state index contributed by atoms with van der Waals surface area (Å²) in [4.78, 5) is 11.6. The number of aliphatic hydroxyl groups excluding tert-OH is 1. The van der Waals surface area contributed by atoms with Crippen molar-refractivity contribution in [3.05, 3.63) is 64.9 Å². The van der Waals surface area contributed by atoms with Gasteiger partial charge in [-0.2, -0.15) is 0 Å². The first-order chi connectivity index (χ1) is 10.7. The first kappa shape index (κ1) is 14.4. The van der Waals surface area contributed by atoms with E-state index in [0.29, 0.717) is 6.54 Å². The van der Waals surface area contributed by atoms with Crippen molar-refractivity contribution < 1.29 is 9.90 Å². The minimum absolute atomic E-state index is 0.258. The molecule has 2 aromatic rings. The highest BCUT2D eigenvalue weighted by molar-refractivity contribution is 5.95. The van der Waals surface area contributed by atoms with Crippen molar-refractivity contribution in [1.82, 2.24) is 5.32 Å². The van der Waals surface area contributed by atoms with Gasteiger partial charge in [-0.15, -0.1) is 0 Å². The number of nitrogens with one attached hydrogen (secondary N) is 1. The number of benzene rings is 2. The Morgan fingerprint density at radius 3 is 2.64 bits per heavy atom. The van der Waals surface area contributed by atoms with E-state index >= 15 is 0 Å². The molecule has 0 aliphatic heterocycles. The zero-order valence-electron chi connectivity index (χ0n) is 12.6. The van der Waals surface area contributed by atoms with E-state index in [1.165, 1.54) is 28.3 Å². The minimum Gasteiger partial charge on any atom is -0.503 e. The summed E-state index contributed by atoms with van der Waals surface area (Å²) in [6.07, 6.45) is 3.60. The third kappa shape index (κ3) is 2.75. The van der Waals surface area contributed by atoms with E-state index < -0.39 is 5.91 Å². The molecule has 0 radical (unpaired) electrons. The predicted molar refractivity (Wildman–Crippen MR) is 88.6 cm³/mol. The average molecular weight is 293 g/mol. The van der Waals surface area contributed by atoms with Crippen LogP contribution in [0.25, 0.3) is 17.2 Å². The maximum atomic E-state index is 11.6. The summed E-state index contributed by atoms with van der Waals surface area (Å²) >= 11 is 0. The molecule has 22 heavy (non-hydrogen) atoms. The Kier molecular flexibility index (Phi) is 3.96. The van der Waals surface area contributed by atoms with Crippen LogP contribution in [0.5, 0.6) is 0 Å². The van der Waals surface area contributed by atoms with Gasteiger partial charge in [-0.05, 0) is 59.7 Å². The molecule has 2 aromatic carbocycles. The Labute approximate surface area is 130 Å². The summed E-state index contributed by atoms with van der Waals surface area (Å²) in [6.45, 7) is 2.31. The number of fused-ring (bicyclic) bond motifs is 3. The topological polar surface area (TPSA) is 49.3 Å². The van der Waals surface area contributed by atoms with Crippen LogP contribution < -0.4 is 5.32 Å². The molecule has 1 aliphatic rings. The highest BCUT2D eigenvalue weighted by Crippen LogP contribution is 2.34. The van der Waals surface area contributed by atoms with Gasteiger partial charge in [0.25, 0.3) is 5.91 Å². The molecule has 0 saturated heterocycles. The predicted octanol–water partition coefficient (Wildman–Crippen LogP) is 3.49. The summed E-state index contributed by atoms with van der Waals surface area (Å²) in [7, 11) is 0. The van der Waals surface area contributed by atoms with E-state index in [2.05, 4.69) is 29.6 Å². The number of aliphatic hydroxyl groups is 1. The zero-order valence-corrected chi connectivity index (χ0v) is 12.6. The Hall–Kier alpha value is -2.55. The Morgan fingerprint density at radius 1 is 1.14 bits per heavy atom. The molecule has 2 N–H and O–H groups in total. The zero-order chi connectivity index (χ0) is 15.5. The molecule has 1 aliphatic carbocycles. The lowest BCUT2D eigenvalue weighted by atomic mass is 9.85. The standard InChI is InChI=1S/C19H19NO2/c1-2-20-19(22)18(21)12-13-7-8-15-10-9-14-5-3-4-6-16(14)17(15)11-13/h3-8,11-12,21H,2,9-10H2,1H3,(H,20,22)/b18-12+. The molecule has 0 spiro atoms. The van der Waals surface area contributed by atoms with Gasteiger partial charge in [-0.3, -0.25) is 4.79 Å². The number of hydrogen-bond donors (Lipinski definition) is 2. The second-order valence-electron chi connectivity index (χ2n) is 5.46. The van der Waals surface area contributed by atoms with E-state index in [1.54, 1.807) is 0 Å². The molecular formula is C19H19NO2. The van der Waals surface area contributed by atoms with Gasteiger partial charge in [0.2, 0.25) is 0 Å². The van der Waals surface area contributed by atoms with E-state index in [1.807, 2.05) is 25.1 Å². The molecule has 3 rings (SSSR count). The van der Waals surface area contributed by atoms with Crippen molar-refractivity contribution in [2.45, 2.75) is 19.8 Å². The largest absolute Gasteiger partial charge is 0.503 e. The van der Waals surface area contributed by atoms with Crippen LogP contribution >= 0.6 is 0 Å². The van der Waals surface area contributed by atoms with Crippen LogP contribution in [0.15, 0.2) is 48.2 Å². The molecular weight excluding hydrogens is 274 g/mol. The van der Waals surface area contributed by atoms with Gasteiger partial charge in [-0.1, -0.05) is 36.4 Å². The summed E-state index contributed by atoms with van der Waals surface area (Å²) in [6, 6.07) is 14.5. The van der Waals surface area contributed by atoms with Crippen molar-refractivity contribution in [3.63, 3.8) is 0 Å². The number of rotatable bonds is 3. The van der Waals surface area contributed by atoms with Gasteiger partial charge in [0.1, 0.15) is 0 Å². The smallest absolute Gasteiger partial charge is 0.286 e. The van der Waals surface area contributed by atoms with Gasteiger partial charge >= 0.3 is 0 Å². The third-order valence-corrected chi connectivity index (χ3v) is 3.98. The fourth-order valence-electron chi connectivity index (χ4n) is 2.90. The van der Waals surface area contributed by atoms with Crippen LogP contribution in [0.2, 0.25) is 0 Å². The van der Waals surface area contributed by atoms with Crippen molar-refractivity contribution >= 4 is 12.0 Å². The fraction of sp³-hybridized carbons (Fsp3) is 0.211. The van der Waals surface area contributed by atoms with Gasteiger partial charge in [0, 0.05) is 6.54 Å². The molecule has 0 atom stereocenters. The number of aryl methyl sites for hydroxylation is 2. The van der Waals surface area contributed by atoms with Gasteiger partial charge in [-0.25, -0.2) is 0 Å². The number of carbonyl (C=O) groups is 1. The monoisotopic (exact) mass is 293 g/mol. The van der Waals surface area contributed by atoms with E-state index in [-0.39, 0.29) is 5.76 Å². The van der Waals surface area contributed by atoms with E-state index in [0.717, 1.165) is 18.4 Å². The quantitative estimate of drug-likeness (QED) is 0.672. The first-order valence-electron chi connectivity index (χ1n) is 7.59. The first-order valence-corrected chi connectivity index (χ1v) is 7.59. The van der Waals surface area contributed by atoms with Gasteiger partial charge in [0.05, 0.1) is 0 Å². The highest BCUT2D eigenvalue weighted by Gasteiger charge is 2.15. The van der Waals surface area contributed by atoms with Crippen molar-refractivity contribution in [1.29, 1.82) is 0 Å². The highest BCUT2D eigenvalue weighted by atomic mass is 16.3. The number of hydrogen-bond acceptors (Lipinski definition) is 2. The Balaban J connectivity index is 1.98. The molecule has 0 bridgehead atoms. The SMILES string of the molecule is CCNC(=O)/C(O)=C\c1ccc2c(c1)-c1ccccc1CC2. The lowest BCUT2D eigenvalue weighted by Crippen LogP contribution is -2.24. The summed E-state index contributed by atoms with van der Waals surface area (Å²) < 4.78 is 0. The molecule has 0 saturated carbocycles. The molecule has 0 unspecified atom stereocenters. The normalized spacial score (nSPS) is 13.2. The Morgan fingerprint density at radius 2 is 1.86 bits per heavy atom. The van der Waals surface area contributed by atoms with Crippen LogP contribution in [0, 0.1) is 0 Å². The molecule has 0 aromatic heterocycles. The molecule has 0 heterocycles. The van der Waals surface area contributed by atoms with Crippen LogP contribution in [0.4, 0.5) is 0 Å². The molecule has 0 fully saturated rings. The van der Waals surface area contributed by atoms with Crippen molar-refractivity contribution in [2.24, 2.45) is 0 Å². The molecule has 3 nitrogen and oxygen atoms in total. The maximum absolute atomic E-state index is 11.6. The van der Waals surface area contributed by atoms with E-state index in [9.17, 15) is 9.90 Å². The van der Waals surface area contributed by atoms with Gasteiger partial charge < -0.3 is 10.4 Å².